The Kier molecular flexibility index (Phi) is 1.27. The molecule has 0 amide bonds. The number of aliphatic hydroxyl groups is 1. The van der Waals surface area contributed by atoms with Crippen molar-refractivity contribution in [3.8, 4) is 0 Å². The van der Waals surface area contributed by atoms with Crippen LogP contribution < -0.4 is 5.73 Å². The van der Waals surface area contributed by atoms with E-state index in [1.807, 2.05) is 0 Å². The van der Waals surface area contributed by atoms with Crippen molar-refractivity contribution >= 4 is 0 Å². The van der Waals surface area contributed by atoms with Crippen LogP contribution in [0.2, 0.25) is 0 Å². The Morgan fingerprint density at radius 1 is 1.60 bits per heavy atom. The zero-order valence-electron chi connectivity index (χ0n) is 5.92. The zero-order chi connectivity index (χ0) is 7.19. The van der Waals surface area contributed by atoms with Crippen molar-refractivity contribution < 1.29 is 9.84 Å². The van der Waals surface area contributed by atoms with Gasteiger partial charge in [0.05, 0.1) is 12.7 Å². The maximum Gasteiger partial charge on any atom is 0.0649 e. The summed E-state index contributed by atoms with van der Waals surface area (Å²) in [6.07, 6.45) is 1.49. The largest absolute Gasteiger partial charge is 0.392 e. The summed E-state index contributed by atoms with van der Waals surface area (Å²) < 4.78 is 5.20. The molecule has 1 saturated carbocycles. The number of aliphatic hydroxyl groups excluding tert-OH is 1. The molecule has 3 unspecified atom stereocenters. The Balaban J connectivity index is 2.12. The fraction of sp³-hybridized carbons (Fsp3) is 1.00. The van der Waals surface area contributed by atoms with E-state index < -0.39 is 0 Å². The van der Waals surface area contributed by atoms with Crippen LogP contribution in [0.1, 0.15) is 12.8 Å². The van der Waals surface area contributed by atoms with Crippen molar-refractivity contribution in [2.24, 2.45) is 11.1 Å². The highest BCUT2D eigenvalue weighted by Crippen LogP contribution is 2.46. The van der Waals surface area contributed by atoms with Crippen LogP contribution in [0.5, 0.6) is 0 Å². The number of nitrogens with two attached hydrogens (primary N) is 1. The predicted molar refractivity (Wildman–Crippen MR) is 36.5 cm³/mol. The maximum atomic E-state index is 9.41. The van der Waals surface area contributed by atoms with E-state index in [9.17, 15) is 5.11 Å². The maximum absolute atomic E-state index is 9.41. The average molecular weight is 143 g/mol. The van der Waals surface area contributed by atoms with Gasteiger partial charge in [-0.2, -0.15) is 0 Å². The SMILES string of the molecule is NC1CC(O)C12CCOC2. The molecule has 0 aromatic carbocycles. The van der Waals surface area contributed by atoms with E-state index in [0.29, 0.717) is 6.61 Å². The first-order valence-corrected chi connectivity index (χ1v) is 3.77. The van der Waals surface area contributed by atoms with Crippen LogP contribution in [0.25, 0.3) is 0 Å². The molecule has 1 heterocycles. The monoisotopic (exact) mass is 143 g/mol. The van der Waals surface area contributed by atoms with Gasteiger partial charge >= 0.3 is 0 Å². The molecule has 3 heteroatoms. The second-order valence-corrected chi connectivity index (χ2v) is 3.39. The molecular weight excluding hydrogens is 130 g/mol. The van der Waals surface area contributed by atoms with Crippen LogP contribution in [0.3, 0.4) is 0 Å². The highest BCUT2D eigenvalue weighted by Gasteiger charge is 2.54. The van der Waals surface area contributed by atoms with Gasteiger partial charge in [0.15, 0.2) is 0 Å². The van der Waals surface area contributed by atoms with Crippen LogP contribution in [-0.2, 0) is 4.74 Å². The summed E-state index contributed by atoms with van der Waals surface area (Å²) in [6.45, 7) is 1.43. The van der Waals surface area contributed by atoms with Gasteiger partial charge in [0, 0.05) is 18.1 Å². The summed E-state index contributed by atoms with van der Waals surface area (Å²) >= 11 is 0. The van der Waals surface area contributed by atoms with Crippen molar-refractivity contribution in [2.45, 2.75) is 25.0 Å². The summed E-state index contributed by atoms with van der Waals surface area (Å²) in [5.41, 5.74) is 5.71. The van der Waals surface area contributed by atoms with Crippen molar-refractivity contribution in [2.75, 3.05) is 13.2 Å². The number of hydrogen-bond acceptors (Lipinski definition) is 3. The van der Waals surface area contributed by atoms with Crippen molar-refractivity contribution in [1.29, 1.82) is 0 Å². The minimum atomic E-state index is -0.204. The molecule has 1 aliphatic heterocycles. The van der Waals surface area contributed by atoms with E-state index in [1.54, 1.807) is 0 Å². The van der Waals surface area contributed by atoms with Crippen LogP contribution >= 0.6 is 0 Å². The number of rotatable bonds is 0. The Hall–Kier alpha value is -0.120. The molecule has 0 radical (unpaired) electrons. The normalized spacial score (nSPS) is 53.4. The quantitative estimate of drug-likeness (QED) is 0.480. The molecule has 1 aliphatic carbocycles. The van der Waals surface area contributed by atoms with Gasteiger partial charge < -0.3 is 15.6 Å². The smallest absolute Gasteiger partial charge is 0.0649 e. The third kappa shape index (κ3) is 0.603. The lowest BCUT2D eigenvalue weighted by atomic mass is 9.62. The van der Waals surface area contributed by atoms with E-state index in [1.165, 1.54) is 0 Å². The van der Waals surface area contributed by atoms with E-state index in [0.717, 1.165) is 19.4 Å². The number of hydrogen-bond donors (Lipinski definition) is 2. The van der Waals surface area contributed by atoms with Gasteiger partial charge in [-0.1, -0.05) is 0 Å². The third-order valence-corrected chi connectivity index (χ3v) is 2.96. The molecule has 0 aromatic heterocycles. The van der Waals surface area contributed by atoms with Crippen LogP contribution in [-0.4, -0.2) is 30.5 Å². The lowest BCUT2D eigenvalue weighted by Crippen LogP contribution is -2.61. The van der Waals surface area contributed by atoms with Gasteiger partial charge in [0.1, 0.15) is 0 Å². The molecule has 2 rings (SSSR count). The molecule has 2 fully saturated rings. The molecular formula is C7H13NO2. The van der Waals surface area contributed by atoms with Gasteiger partial charge in [-0.3, -0.25) is 0 Å². The predicted octanol–water partition coefficient (Wildman–Crippen LogP) is -0.515. The molecule has 2 aliphatic rings. The highest BCUT2D eigenvalue weighted by molar-refractivity contribution is 5.07. The van der Waals surface area contributed by atoms with Crippen LogP contribution in [0.4, 0.5) is 0 Å². The lowest BCUT2D eigenvalue weighted by molar-refractivity contribution is -0.0853. The van der Waals surface area contributed by atoms with Crippen molar-refractivity contribution in [1.82, 2.24) is 0 Å². The summed E-state index contributed by atoms with van der Waals surface area (Å²) in [4.78, 5) is 0. The fourth-order valence-electron chi connectivity index (χ4n) is 1.95. The summed E-state index contributed by atoms with van der Waals surface area (Å²) in [5, 5.41) is 9.41. The standard InChI is InChI=1S/C7H13NO2/c8-5-3-6(9)7(5)1-2-10-4-7/h5-6,9H,1-4,8H2. The number of ether oxygens (including phenoxy) is 1. The van der Waals surface area contributed by atoms with Crippen LogP contribution in [0.15, 0.2) is 0 Å². The Morgan fingerprint density at radius 2 is 2.40 bits per heavy atom. The molecule has 10 heavy (non-hydrogen) atoms. The minimum absolute atomic E-state index is 0.0556. The molecule has 3 N–H and O–H groups in total. The summed E-state index contributed by atoms with van der Waals surface area (Å²) in [7, 11) is 0. The molecule has 3 atom stereocenters. The van der Waals surface area contributed by atoms with E-state index in [2.05, 4.69) is 0 Å². The van der Waals surface area contributed by atoms with E-state index in [4.69, 9.17) is 10.5 Å². The van der Waals surface area contributed by atoms with Gasteiger partial charge in [-0.15, -0.1) is 0 Å². The highest BCUT2D eigenvalue weighted by atomic mass is 16.5. The molecule has 0 aromatic rings. The van der Waals surface area contributed by atoms with Crippen molar-refractivity contribution in [3.63, 3.8) is 0 Å². The van der Waals surface area contributed by atoms with E-state index >= 15 is 0 Å². The van der Waals surface area contributed by atoms with Crippen LogP contribution in [0, 0.1) is 5.41 Å². The van der Waals surface area contributed by atoms with Gasteiger partial charge in [-0.25, -0.2) is 0 Å². The molecule has 3 nitrogen and oxygen atoms in total. The average Bonchev–Trinajstić information content (AvgIpc) is 2.37. The first-order valence-electron chi connectivity index (χ1n) is 3.77. The first-order chi connectivity index (χ1) is 4.76. The summed E-state index contributed by atoms with van der Waals surface area (Å²) in [6, 6.07) is 0.171. The third-order valence-electron chi connectivity index (χ3n) is 2.96. The first kappa shape index (κ1) is 6.58. The second kappa shape index (κ2) is 1.94. The Labute approximate surface area is 60.2 Å². The van der Waals surface area contributed by atoms with Gasteiger partial charge in [0.2, 0.25) is 0 Å². The molecule has 58 valence electrons. The fourth-order valence-corrected chi connectivity index (χ4v) is 1.95. The molecule has 1 saturated heterocycles. The minimum Gasteiger partial charge on any atom is -0.392 e. The van der Waals surface area contributed by atoms with Crippen molar-refractivity contribution in [3.05, 3.63) is 0 Å². The summed E-state index contributed by atoms with van der Waals surface area (Å²) in [5.74, 6) is 0. The van der Waals surface area contributed by atoms with E-state index in [-0.39, 0.29) is 17.6 Å². The molecule has 0 bridgehead atoms. The molecule has 1 spiro atoms. The Bertz CT molecular complexity index is 133. The zero-order valence-corrected chi connectivity index (χ0v) is 5.92. The van der Waals surface area contributed by atoms with Gasteiger partial charge in [-0.05, 0) is 12.8 Å². The van der Waals surface area contributed by atoms with Gasteiger partial charge in [0.25, 0.3) is 0 Å². The topological polar surface area (TPSA) is 55.5 Å². The Morgan fingerprint density at radius 3 is 2.70 bits per heavy atom. The second-order valence-electron chi connectivity index (χ2n) is 3.39. The lowest BCUT2D eigenvalue weighted by Gasteiger charge is -2.48.